The molecular formula is C56H103NO8. The van der Waals surface area contributed by atoms with Crippen molar-refractivity contribution in [2.75, 3.05) is 13.2 Å². The molecule has 380 valence electrons. The van der Waals surface area contributed by atoms with Crippen LogP contribution in [0.5, 0.6) is 0 Å². The molecule has 1 fully saturated rings. The van der Waals surface area contributed by atoms with Gasteiger partial charge in [0.05, 0.1) is 25.4 Å². The number of unbranched alkanes of at least 4 members (excludes halogenated alkanes) is 30. The Hall–Kier alpha value is -1.85. The Morgan fingerprint density at radius 2 is 0.908 bits per heavy atom. The number of hydrogen-bond donors (Lipinski definition) is 6. The van der Waals surface area contributed by atoms with Crippen molar-refractivity contribution in [2.45, 2.75) is 288 Å². The lowest BCUT2D eigenvalue weighted by Crippen LogP contribution is -2.60. The minimum atomic E-state index is -1.57. The minimum Gasteiger partial charge on any atom is -0.394 e. The first-order valence-corrected chi connectivity index (χ1v) is 27.4. The largest absolute Gasteiger partial charge is 0.394 e. The number of amides is 1. The van der Waals surface area contributed by atoms with Crippen LogP contribution in [0.3, 0.4) is 0 Å². The summed E-state index contributed by atoms with van der Waals surface area (Å²) in [4.78, 5) is 13.0. The maximum atomic E-state index is 13.0. The number of rotatable bonds is 46. The lowest BCUT2D eigenvalue weighted by atomic mass is 9.99. The Kier molecular flexibility index (Phi) is 43.2. The summed E-state index contributed by atoms with van der Waals surface area (Å²) >= 11 is 0. The summed E-state index contributed by atoms with van der Waals surface area (Å²) < 4.78 is 11.3. The van der Waals surface area contributed by atoms with Crippen LogP contribution in [-0.4, -0.2) is 87.5 Å². The van der Waals surface area contributed by atoms with Crippen molar-refractivity contribution in [1.29, 1.82) is 0 Å². The van der Waals surface area contributed by atoms with Crippen molar-refractivity contribution in [2.24, 2.45) is 0 Å². The highest BCUT2D eigenvalue weighted by atomic mass is 16.7. The standard InChI is InChI=1S/C56H103NO8/c1-3-5-7-9-11-13-15-17-19-21-23-24-25-26-28-29-31-33-35-37-39-41-43-45-50(59)49(48-64-56-55(63)54(62)53(61)51(47-58)65-56)57-52(60)46-44-42-40-38-36-34-32-30-27-22-20-18-16-14-12-10-8-6-4-2/h12,14,18,20,27,30,43,45,49-51,53-56,58-59,61-63H,3-11,13,15-17,19,21-26,28-29,31-42,44,46-48H2,1-2H3,(H,57,60)/b14-12-,20-18-,30-27-,45-43+. The van der Waals surface area contributed by atoms with E-state index >= 15 is 0 Å². The summed E-state index contributed by atoms with van der Waals surface area (Å²) in [5.41, 5.74) is 0. The molecule has 65 heavy (non-hydrogen) atoms. The lowest BCUT2D eigenvalue weighted by molar-refractivity contribution is -0.302. The second-order valence-electron chi connectivity index (χ2n) is 19.0. The van der Waals surface area contributed by atoms with Gasteiger partial charge in [-0.15, -0.1) is 0 Å². The van der Waals surface area contributed by atoms with Gasteiger partial charge >= 0.3 is 0 Å². The molecule has 0 aromatic carbocycles. The number of allylic oxidation sites excluding steroid dienone is 7. The van der Waals surface area contributed by atoms with Gasteiger partial charge in [-0.3, -0.25) is 4.79 Å². The summed E-state index contributed by atoms with van der Waals surface area (Å²) in [5.74, 6) is -0.189. The third-order valence-corrected chi connectivity index (χ3v) is 12.9. The second kappa shape index (κ2) is 45.9. The summed E-state index contributed by atoms with van der Waals surface area (Å²) in [6.45, 7) is 3.76. The first kappa shape index (κ1) is 61.2. The van der Waals surface area contributed by atoms with Gasteiger partial charge < -0.3 is 40.3 Å². The van der Waals surface area contributed by atoms with E-state index in [9.17, 15) is 30.3 Å². The van der Waals surface area contributed by atoms with Crippen molar-refractivity contribution in [1.82, 2.24) is 5.32 Å². The zero-order valence-corrected chi connectivity index (χ0v) is 42.0. The molecule has 1 aliphatic heterocycles. The third-order valence-electron chi connectivity index (χ3n) is 12.9. The molecule has 9 nitrogen and oxygen atoms in total. The lowest BCUT2D eigenvalue weighted by Gasteiger charge is -2.40. The van der Waals surface area contributed by atoms with E-state index in [0.717, 1.165) is 64.2 Å². The fourth-order valence-electron chi connectivity index (χ4n) is 8.52. The Bertz CT molecular complexity index is 1160. The van der Waals surface area contributed by atoms with Crippen LogP contribution in [0, 0.1) is 0 Å². The van der Waals surface area contributed by atoms with E-state index in [-0.39, 0.29) is 12.5 Å². The number of carbonyl (C=O) groups excluding carboxylic acids is 1. The van der Waals surface area contributed by atoms with Gasteiger partial charge in [0, 0.05) is 6.42 Å². The van der Waals surface area contributed by atoms with E-state index < -0.39 is 49.5 Å². The molecule has 1 amide bonds. The molecular weight excluding hydrogens is 815 g/mol. The molecule has 0 spiro atoms. The molecule has 6 N–H and O–H groups in total. The van der Waals surface area contributed by atoms with Crippen molar-refractivity contribution in [3.63, 3.8) is 0 Å². The molecule has 7 unspecified atom stereocenters. The molecule has 9 heteroatoms. The van der Waals surface area contributed by atoms with Crippen LogP contribution in [0.15, 0.2) is 48.6 Å². The van der Waals surface area contributed by atoms with Crippen LogP contribution in [0.2, 0.25) is 0 Å². The van der Waals surface area contributed by atoms with Gasteiger partial charge in [0.1, 0.15) is 24.4 Å². The molecule has 1 heterocycles. The maximum Gasteiger partial charge on any atom is 0.220 e. The summed E-state index contributed by atoms with van der Waals surface area (Å²) in [7, 11) is 0. The number of nitrogens with one attached hydrogen (secondary N) is 1. The minimum absolute atomic E-state index is 0.189. The van der Waals surface area contributed by atoms with Gasteiger partial charge in [-0.2, -0.15) is 0 Å². The first-order valence-electron chi connectivity index (χ1n) is 27.4. The average Bonchev–Trinajstić information content (AvgIpc) is 3.31. The zero-order chi connectivity index (χ0) is 47.3. The molecule has 0 aliphatic carbocycles. The monoisotopic (exact) mass is 918 g/mol. The highest BCUT2D eigenvalue weighted by Gasteiger charge is 2.44. The van der Waals surface area contributed by atoms with E-state index in [1.165, 1.54) is 161 Å². The molecule has 1 saturated heterocycles. The maximum absolute atomic E-state index is 13.0. The van der Waals surface area contributed by atoms with Crippen LogP contribution >= 0.6 is 0 Å². The third kappa shape index (κ3) is 35.9. The summed E-state index contributed by atoms with van der Waals surface area (Å²) in [5, 5.41) is 54.4. The number of ether oxygens (including phenoxy) is 2. The number of carbonyl (C=O) groups is 1. The van der Waals surface area contributed by atoms with Crippen molar-refractivity contribution in [3.05, 3.63) is 48.6 Å². The molecule has 1 aliphatic rings. The van der Waals surface area contributed by atoms with E-state index in [1.54, 1.807) is 6.08 Å². The van der Waals surface area contributed by atoms with Crippen LogP contribution < -0.4 is 5.32 Å². The van der Waals surface area contributed by atoms with E-state index in [2.05, 4.69) is 55.6 Å². The predicted molar refractivity (Wildman–Crippen MR) is 272 cm³/mol. The van der Waals surface area contributed by atoms with Crippen LogP contribution in [0.25, 0.3) is 0 Å². The predicted octanol–water partition coefficient (Wildman–Crippen LogP) is 13.0. The van der Waals surface area contributed by atoms with E-state index in [0.29, 0.717) is 6.42 Å². The Morgan fingerprint density at radius 1 is 0.523 bits per heavy atom. The quantitative estimate of drug-likeness (QED) is 0.0261. The molecule has 1 rings (SSSR count). The zero-order valence-electron chi connectivity index (χ0n) is 42.0. The molecule has 0 aromatic rings. The van der Waals surface area contributed by atoms with Gasteiger partial charge in [-0.05, 0) is 57.8 Å². The number of hydrogen-bond acceptors (Lipinski definition) is 8. The van der Waals surface area contributed by atoms with Crippen LogP contribution in [0.1, 0.15) is 245 Å². The second-order valence-corrected chi connectivity index (χ2v) is 19.0. The highest BCUT2D eigenvalue weighted by Crippen LogP contribution is 2.23. The van der Waals surface area contributed by atoms with Gasteiger partial charge in [0.2, 0.25) is 5.91 Å². The Balaban J connectivity index is 2.28. The van der Waals surface area contributed by atoms with Gasteiger partial charge in [-0.25, -0.2) is 0 Å². The summed E-state index contributed by atoms with van der Waals surface area (Å²) in [6, 6.07) is -0.813. The molecule has 0 saturated carbocycles. The van der Waals surface area contributed by atoms with Gasteiger partial charge in [0.15, 0.2) is 6.29 Å². The SMILES string of the molecule is CCCCC/C=C\C/C=C\C/C=C\CCCCCCCCC(=O)NC(COC1OC(CO)C(O)C(O)C1O)C(O)/C=C/CCCCCCCCCCCCCCCCCCCCCCC. The molecule has 7 atom stereocenters. The first-order chi connectivity index (χ1) is 31.8. The number of aliphatic hydroxyl groups excluding tert-OH is 5. The average molecular weight is 918 g/mol. The van der Waals surface area contributed by atoms with Crippen molar-refractivity contribution < 1.29 is 39.8 Å². The topological polar surface area (TPSA) is 149 Å². The van der Waals surface area contributed by atoms with E-state index in [1.807, 2.05) is 6.08 Å². The van der Waals surface area contributed by atoms with Crippen LogP contribution in [-0.2, 0) is 14.3 Å². The van der Waals surface area contributed by atoms with Crippen LogP contribution in [0.4, 0.5) is 0 Å². The fraction of sp³-hybridized carbons (Fsp3) is 0.839. The smallest absolute Gasteiger partial charge is 0.220 e. The molecule has 0 bridgehead atoms. The summed E-state index contributed by atoms with van der Waals surface area (Å²) in [6.07, 6.45) is 53.0. The van der Waals surface area contributed by atoms with E-state index in [4.69, 9.17) is 9.47 Å². The molecule has 0 aromatic heterocycles. The Morgan fingerprint density at radius 3 is 1.37 bits per heavy atom. The fourth-order valence-corrected chi connectivity index (χ4v) is 8.52. The number of aliphatic hydroxyl groups is 5. The van der Waals surface area contributed by atoms with Gasteiger partial charge in [-0.1, -0.05) is 229 Å². The normalized spacial score (nSPS) is 20.3. The molecule has 0 radical (unpaired) electrons. The van der Waals surface area contributed by atoms with Crippen molar-refractivity contribution >= 4 is 5.91 Å². The van der Waals surface area contributed by atoms with Crippen molar-refractivity contribution in [3.8, 4) is 0 Å². The highest BCUT2D eigenvalue weighted by molar-refractivity contribution is 5.76. The van der Waals surface area contributed by atoms with Gasteiger partial charge in [0.25, 0.3) is 0 Å². The Labute approximate surface area is 399 Å².